The van der Waals surface area contributed by atoms with E-state index in [9.17, 15) is 9.90 Å². The summed E-state index contributed by atoms with van der Waals surface area (Å²) in [5, 5.41) is 10.6. The first-order chi connectivity index (χ1) is 9.75. The highest BCUT2D eigenvalue weighted by molar-refractivity contribution is 7.98. The maximum atomic E-state index is 12.0. The van der Waals surface area contributed by atoms with Gasteiger partial charge < -0.3 is 5.11 Å². The van der Waals surface area contributed by atoms with Gasteiger partial charge in [0, 0.05) is 17.5 Å². The number of fused-ring (bicyclic) bond motifs is 1. The van der Waals surface area contributed by atoms with Crippen LogP contribution >= 0.6 is 11.8 Å². The van der Waals surface area contributed by atoms with E-state index in [0.717, 1.165) is 22.8 Å². The monoisotopic (exact) mass is 285 g/mol. The topological polar surface area (TPSA) is 50.2 Å². The van der Waals surface area contributed by atoms with Crippen molar-refractivity contribution in [1.82, 2.24) is 4.98 Å². The fourth-order valence-corrected chi connectivity index (χ4v) is 3.36. The molecule has 1 aromatic heterocycles. The Balaban J connectivity index is 1.83. The number of thioether (sulfide) groups is 1. The van der Waals surface area contributed by atoms with Crippen LogP contribution in [0.15, 0.2) is 47.6 Å². The zero-order valence-corrected chi connectivity index (χ0v) is 11.8. The van der Waals surface area contributed by atoms with Crippen LogP contribution in [0.4, 0.5) is 0 Å². The third-order valence-electron chi connectivity index (χ3n) is 3.52. The van der Waals surface area contributed by atoms with E-state index in [1.54, 1.807) is 18.0 Å². The molecule has 3 nitrogen and oxygen atoms in total. The van der Waals surface area contributed by atoms with Crippen molar-refractivity contribution in [1.29, 1.82) is 0 Å². The predicted molar refractivity (Wildman–Crippen MR) is 78.9 cm³/mol. The Morgan fingerprint density at radius 2 is 2.15 bits per heavy atom. The highest BCUT2D eigenvalue weighted by Gasteiger charge is 2.26. The van der Waals surface area contributed by atoms with Crippen molar-refractivity contribution in [2.24, 2.45) is 0 Å². The SMILES string of the molecule is O=C1c2cccc(CSc3ccccn3)c2CCC1O. The normalized spacial score (nSPS) is 17.9. The minimum Gasteiger partial charge on any atom is -0.385 e. The fourth-order valence-electron chi connectivity index (χ4n) is 2.47. The molecule has 1 heterocycles. The molecule has 0 fully saturated rings. The Morgan fingerprint density at radius 3 is 2.95 bits per heavy atom. The van der Waals surface area contributed by atoms with E-state index in [2.05, 4.69) is 11.1 Å². The number of hydrogen-bond donors (Lipinski definition) is 1. The third-order valence-corrected chi connectivity index (χ3v) is 4.51. The van der Waals surface area contributed by atoms with Gasteiger partial charge >= 0.3 is 0 Å². The molecule has 0 saturated heterocycles. The maximum Gasteiger partial charge on any atom is 0.191 e. The van der Waals surface area contributed by atoms with Gasteiger partial charge in [0.2, 0.25) is 0 Å². The van der Waals surface area contributed by atoms with Gasteiger partial charge in [-0.15, -0.1) is 11.8 Å². The standard InChI is InChI=1S/C16H15NO2S/c18-14-8-7-12-11(4-3-5-13(12)16(14)19)10-20-15-6-1-2-9-17-15/h1-6,9,14,18H,7-8,10H2. The molecule has 0 spiro atoms. The first-order valence-electron chi connectivity index (χ1n) is 6.62. The molecule has 3 rings (SSSR count). The number of carbonyl (C=O) groups excluding carboxylic acids is 1. The number of benzene rings is 1. The van der Waals surface area contributed by atoms with E-state index in [1.165, 1.54) is 5.56 Å². The summed E-state index contributed by atoms with van der Waals surface area (Å²) < 4.78 is 0. The summed E-state index contributed by atoms with van der Waals surface area (Å²) in [6.45, 7) is 0. The number of rotatable bonds is 3. The Kier molecular flexibility index (Phi) is 3.85. The summed E-state index contributed by atoms with van der Waals surface area (Å²) >= 11 is 1.66. The van der Waals surface area contributed by atoms with Crippen molar-refractivity contribution in [2.45, 2.75) is 29.7 Å². The van der Waals surface area contributed by atoms with E-state index in [-0.39, 0.29) is 5.78 Å². The minimum atomic E-state index is -0.832. The van der Waals surface area contributed by atoms with E-state index >= 15 is 0 Å². The molecular weight excluding hydrogens is 270 g/mol. The zero-order chi connectivity index (χ0) is 13.9. The lowest BCUT2D eigenvalue weighted by Gasteiger charge is -2.21. The molecule has 0 aliphatic heterocycles. The largest absolute Gasteiger partial charge is 0.385 e. The maximum absolute atomic E-state index is 12.0. The molecule has 1 aromatic carbocycles. The Labute approximate surface area is 122 Å². The van der Waals surface area contributed by atoms with Crippen molar-refractivity contribution >= 4 is 17.5 Å². The number of pyridine rings is 1. The van der Waals surface area contributed by atoms with E-state index < -0.39 is 6.10 Å². The molecule has 0 bridgehead atoms. The number of aromatic nitrogens is 1. The third kappa shape index (κ3) is 2.62. The van der Waals surface area contributed by atoms with Crippen LogP contribution in [-0.4, -0.2) is 22.0 Å². The van der Waals surface area contributed by atoms with E-state index in [1.807, 2.05) is 30.3 Å². The van der Waals surface area contributed by atoms with Gasteiger partial charge in [-0.25, -0.2) is 4.98 Å². The van der Waals surface area contributed by atoms with Crippen molar-refractivity contribution in [3.8, 4) is 0 Å². The summed E-state index contributed by atoms with van der Waals surface area (Å²) in [5.41, 5.74) is 2.94. The second-order valence-corrected chi connectivity index (χ2v) is 5.81. The number of aliphatic hydroxyl groups excluding tert-OH is 1. The first kappa shape index (κ1) is 13.3. The highest BCUT2D eigenvalue weighted by Crippen LogP contribution is 2.29. The summed E-state index contributed by atoms with van der Waals surface area (Å²) in [6.07, 6.45) is 2.24. The lowest BCUT2D eigenvalue weighted by atomic mass is 9.86. The quantitative estimate of drug-likeness (QED) is 0.881. The van der Waals surface area contributed by atoms with Crippen LogP contribution in [0.2, 0.25) is 0 Å². The zero-order valence-electron chi connectivity index (χ0n) is 11.0. The van der Waals surface area contributed by atoms with Crippen molar-refractivity contribution in [2.75, 3.05) is 0 Å². The Hall–Kier alpha value is -1.65. The smallest absolute Gasteiger partial charge is 0.191 e. The van der Waals surface area contributed by atoms with Gasteiger partial charge in [0.05, 0.1) is 5.03 Å². The fraction of sp³-hybridized carbons (Fsp3) is 0.250. The van der Waals surface area contributed by atoms with Gasteiger partial charge in [0.25, 0.3) is 0 Å². The molecule has 1 atom stereocenters. The Morgan fingerprint density at radius 1 is 1.25 bits per heavy atom. The molecule has 1 N–H and O–H groups in total. The van der Waals surface area contributed by atoms with Crippen molar-refractivity contribution < 1.29 is 9.90 Å². The summed E-state index contributed by atoms with van der Waals surface area (Å²) in [7, 11) is 0. The molecule has 0 amide bonds. The lowest BCUT2D eigenvalue weighted by Crippen LogP contribution is -2.27. The average Bonchev–Trinajstić information content (AvgIpc) is 2.50. The van der Waals surface area contributed by atoms with Gasteiger partial charge in [0.15, 0.2) is 5.78 Å². The van der Waals surface area contributed by atoms with Crippen LogP contribution in [0, 0.1) is 0 Å². The van der Waals surface area contributed by atoms with Gasteiger partial charge in [-0.1, -0.05) is 24.3 Å². The van der Waals surface area contributed by atoms with Crippen LogP contribution in [-0.2, 0) is 12.2 Å². The summed E-state index contributed by atoms with van der Waals surface area (Å²) in [5.74, 6) is 0.653. The summed E-state index contributed by atoms with van der Waals surface area (Å²) in [6, 6.07) is 11.6. The van der Waals surface area contributed by atoms with Crippen molar-refractivity contribution in [3.63, 3.8) is 0 Å². The van der Waals surface area contributed by atoms with Gasteiger partial charge in [0.1, 0.15) is 6.10 Å². The van der Waals surface area contributed by atoms with Crippen LogP contribution in [0.1, 0.15) is 27.9 Å². The number of nitrogens with zero attached hydrogens (tertiary/aromatic N) is 1. The predicted octanol–water partition coefficient (Wildman–Crippen LogP) is 2.86. The molecule has 0 saturated carbocycles. The van der Waals surface area contributed by atoms with Crippen LogP contribution in [0.25, 0.3) is 0 Å². The van der Waals surface area contributed by atoms with Gasteiger partial charge in [-0.05, 0) is 36.1 Å². The Bertz CT molecular complexity index is 628. The highest BCUT2D eigenvalue weighted by atomic mass is 32.2. The second kappa shape index (κ2) is 5.77. The van der Waals surface area contributed by atoms with E-state index in [0.29, 0.717) is 12.0 Å². The average molecular weight is 285 g/mol. The molecule has 20 heavy (non-hydrogen) atoms. The van der Waals surface area contributed by atoms with E-state index in [4.69, 9.17) is 0 Å². The van der Waals surface area contributed by atoms with Gasteiger partial charge in [-0.2, -0.15) is 0 Å². The number of ketones is 1. The molecule has 102 valence electrons. The molecule has 1 aliphatic rings. The number of carbonyl (C=O) groups is 1. The molecule has 4 heteroatoms. The molecule has 1 unspecified atom stereocenters. The molecule has 2 aromatic rings. The number of hydrogen-bond acceptors (Lipinski definition) is 4. The summed E-state index contributed by atoms with van der Waals surface area (Å²) in [4.78, 5) is 16.3. The number of Topliss-reactive ketones (excluding diaryl/α,β-unsaturated/α-hetero) is 1. The minimum absolute atomic E-state index is 0.143. The molecular formula is C16H15NO2S. The van der Waals surface area contributed by atoms with Crippen LogP contribution in [0.5, 0.6) is 0 Å². The van der Waals surface area contributed by atoms with Crippen LogP contribution in [0.3, 0.4) is 0 Å². The molecule has 0 radical (unpaired) electrons. The van der Waals surface area contributed by atoms with Gasteiger partial charge in [-0.3, -0.25) is 4.79 Å². The van der Waals surface area contributed by atoms with Crippen LogP contribution < -0.4 is 0 Å². The lowest BCUT2D eigenvalue weighted by molar-refractivity contribution is 0.0712. The second-order valence-electron chi connectivity index (χ2n) is 4.82. The number of aliphatic hydroxyl groups is 1. The first-order valence-corrected chi connectivity index (χ1v) is 7.61. The van der Waals surface area contributed by atoms with Crippen molar-refractivity contribution in [3.05, 3.63) is 59.3 Å². The molecule has 1 aliphatic carbocycles.